The third-order valence-electron chi connectivity index (χ3n) is 1.68. The van der Waals surface area contributed by atoms with Crippen molar-refractivity contribution >= 4 is 11.4 Å². The summed E-state index contributed by atoms with van der Waals surface area (Å²) in [5.74, 6) is -3.13. The van der Waals surface area contributed by atoms with Gasteiger partial charge in [0.1, 0.15) is 5.69 Å². The van der Waals surface area contributed by atoms with Crippen LogP contribution in [0.25, 0.3) is 0 Å². The Kier molecular flexibility index (Phi) is 2.65. The first-order valence-electron chi connectivity index (χ1n) is 3.64. The van der Waals surface area contributed by atoms with Gasteiger partial charge >= 0.3 is 0 Å². The predicted molar refractivity (Wildman–Crippen MR) is 45.4 cm³/mol. The number of hydrogen-bond donors (Lipinski definition) is 2. The average Bonchev–Trinajstić information content (AvgIpc) is 2.12. The standard InChI is InChI=1S/C8H9F3N2/c1-12-5-3-4(9)6(10)8(13-2)7(5)11/h3,12-13H,1-2H3. The zero-order valence-corrected chi connectivity index (χ0v) is 7.21. The van der Waals surface area contributed by atoms with Crippen molar-refractivity contribution in [3.05, 3.63) is 23.5 Å². The van der Waals surface area contributed by atoms with Crippen LogP contribution in [-0.4, -0.2) is 14.1 Å². The monoisotopic (exact) mass is 190 g/mol. The van der Waals surface area contributed by atoms with E-state index in [1.54, 1.807) is 0 Å². The molecule has 1 aromatic rings. The number of nitrogens with one attached hydrogen (secondary N) is 2. The van der Waals surface area contributed by atoms with Crippen molar-refractivity contribution in [3.63, 3.8) is 0 Å². The maximum Gasteiger partial charge on any atom is 0.185 e. The predicted octanol–water partition coefficient (Wildman–Crippen LogP) is 2.19. The average molecular weight is 190 g/mol. The maximum absolute atomic E-state index is 13.2. The third kappa shape index (κ3) is 1.54. The highest BCUT2D eigenvalue weighted by molar-refractivity contribution is 5.59. The molecule has 0 radical (unpaired) electrons. The van der Waals surface area contributed by atoms with E-state index in [9.17, 15) is 13.2 Å². The van der Waals surface area contributed by atoms with E-state index in [4.69, 9.17) is 0 Å². The molecule has 5 heteroatoms. The van der Waals surface area contributed by atoms with Crippen molar-refractivity contribution in [1.82, 2.24) is 0 Å². The number of rotatable bonds is 2. The number of halogens is 3. The van der Waals surface area contributed by atoms with Crippen LogP contribution in [0.3, 0.4) is 0 Å². The van der Waals surface area contributed by atoms with Crippen LogP contribution in [0.4, 0.5) is 24.5 Å². The second kappa shape index (κ2) is 3.55. The van der Waals surface area contributed by atoms with Crippen molar-refractivity contribution in [3.8, 4) is 0 Å². The molecule has 0 aliphatic rings. The summed E-state index contributed by atoms with van der Waals surface area (Å²) in [4.78, 5) is 0. The Morgan fingerprint density at radius 1 is 1.00 bits per heavy atom. The van der Waals surface area contributed by atoms with Crippen molar-refractivity contribution in [2.24, 2.45) is 0 Å². The van der Waals surface area contributed by atoms with E-state index in [1.807, 2.05) is 0 Å². The highest BCUT2D eigenvalue weighted by Gasteiger charge is 2.16. The molecule has 0 fully saturated rings. The van der Waals surface area contributed by atoms with Crippen LogP contribution < -0.4 is 10.6 Å². The Labute approximate surface area is 73.8 Å². The van der Waals surface area contributed by atoms with Crippen LogP contribution >= 0.6 is 0 Å². The Morgan fingerprint density at radius 3 is 2.08 bits per heavy atom. The molecule has 2 nitrogen and oxygen atoms in total. The van der Waals surface area contributed by atoms with Crippen LogP contribution in [0, 0.1) is 17.5 Å². The van der Waals surface area contributed by atoms with E-state index >= 15 is 0 Å². The van der Waals surface area contributed by atoms with Gasteiger partial charge in [0.2, 0.25) is 0 Å². The molecule has 0 atom stereocenters. The minimum Gasteiger partial charge on any atom is -0.386 e. The summed E-state index contributed by atoms with van der Waals surface area (Å²) >= 11 is 0. The van der Waals surface area contributed by atoms with Crippen LogP contribution in [-0.2, 0) is 0 Å². The molecule has 13 heavy (non-hydrogen) atoms. The lowest BCUT2D eigenvalue weighted by molar-refractivity contribution is 0.500. The first-order valence-corrected chi connectivity index (χ1v) is 3.64. The lowest BCUT2D eigenvalue weighted by atomic mass is 10.2. The first kappa shape index (κ1) is 9.70. The molecule has 0 aliphatic carbocycles. The molecule has 0 spiro atoms. The zero-order valence-electron chi connectivity index (χ0n) is 7.21. The maximum atomic E-state index is 13.2. The zero-order chi connectivity index (χ0) is 10.0. The topological polar surface area (TPSA) is 24.1 Å². The molecule has 0 amide bonds. The highest BCUT2D eigenvalue weighted by Crippen LogP contribution is 2.27. The summed E-state index contributed by atoms with van der Waals surface area (Å²) in [6.07, 6.45) is 0. The van der Waals surface area contributed by atoms with Gasteiger partial charge in [-0.3, -0.25) is 0 Å². The minimum absolute atomic E-state index is 0.0803. The third-order valence-corrected chi connectivity index (χ3v) is 1.68. The van der Waals surface area contributed by atoms with E-state index < -0.39 is 23.1 Å². The van der Waals surface area contributed by atoms with E-state index in [2.05, 4.69) is 10.6 Å². The summed E-state index contributed by atoms with van der Waals surface area (Å²) in [7, 11) is 2.75. The molecule has 72 valence electrons. The van der Waals surface area contributed by atoms with E-state index in [-0.39, 0.29) is 5.69 Å². The molecule has 0 bridgehead atoms. The molecule has 1 rings (SSSR count). The largest absolute Gasteiger partial charge is 0.386 e. The van der Waals surface area contributed by atoms with Crippen molar-refractivity contribution in [2.45, 2.75) is 0 Å². The van der Waals surface area contributed by atoms with Gasteiger partial charge in [0.05, 0.1) is 5.69 Å². The highest BCUT2D eigenvalue weighted by atomic mass is 19.2. The first-order chi connectivity index (χ1) is 6.11. The number of anilines is 2. The molecule has 0 unspecified atom stereocenters. The van der Waals surface area contributed by atoms with Gasteiger partial charge in [0, 0.05) is 20.2 Å². The van der Waals surface area contributed by atoms with Crippen LogP contribution in [0.15, 0.2) is 6.07 Å². The van der Waals surface area contributed by atoms with Crippen molar-refractivity contribution < 1.29 is 13.2 Å². The Balaban J connectivity index is 3.39. The van der Waals surface area contributed by atoms with Crippen molar-refractivity contribution in [2.75, 3.05) is 24.7 Å². The van der Waals surface area contributed by atoms with E-state index in [1.165, 1.54) is 14.1 Å². The summed E-state index contributed by atoms with van der Waals surface area (Å²) < 4.78 is 38.8. The second-order valence-electron chi connectivity index (χ2n) is 2.41. The van der Waals surface area contributed by atoms with Gasteiger partial charge in [-0.2, -0.15) is 0 Å². The Hall–Kier alpha value is -1.39. The number of hydrogen-bond acceptors (Lipinski definition) is 2. The Bertz CT molecular complexity index is 326. The fraction of sp³-hybridized carbons (Fsp3) is 0.250. The normalized spacial score (nSPS) is 9.92. The second-order valence-corrected chi connectivity index (χ2v) is 2.41. The smallest absolute Gasteiger partial charge is 0.185 e. The lowest BCUT2D eigenvalue weighted by Gasteiger charge is -2.09. The summed E-state index contributed by atoms with van der Waals surface area (Å²) in [5.41, 5.74) is -0.549. The van der Waals surface area contributed by atoms with E-state index in [0.717, 1.165) is 6.07 Å². The van der Waals surface area contributed by atoms with Crippen LogP contribution in [0.1, 0.15) is 0 Å². The summed E-state index contributed by atoms with van der Waals surface area (Å²) in [6, 6.07) is 0.769. The quantitative estimate of drug-likeness (QED) is 0.698. The van der Waals surface area contributed by atoms with Gasteiger partial charge in [-0.05, 0) is 0 Å². The molecule has 0 aliphatic heterocycles. The molecule has 0 saturated carbocycles. The summed E-state index contributed by atoms with van der Waals surface area (Å²) in [6.45, 7) is 0. The van der Waals surface area contributed by atoms with Gasteiger partial charge in [-0.15, -0.1) is 0 Å². The van der Waals surface area contributed by atoms with Gasteiger partial charge in [-0.25, -0.2) is 13.2 Å². The molecule has 0 aromatic heterocycles. The minimum atomic E-state index is -1.21. The van der Waals surface area contributed by atoms with Crippen LogP contribution in [0.2, 0.25) is 0 Å². The van der Waals surface area contributed by atoms with Crippen molar-refractivity contribution in [1.29, 1.82) is 0 Å². The fourth-order valence-electron chi connectivity index (χ4n) is 1.01. The lowest BCUT2D eigenvalue weighted by Crippen LogP contribution is -2.03. The van der Waals surface area contributed by atoms with Gasteiger partial charge in [0.25, 0.3) is 0 Å². The summed E-state index contributed by atoms with van der Waals surface area (Å²) in [5, 5.41) is 4.67. The fourth-order valence-corrected chi connectivity index (χ4v) is 1.01. The number of benzene rings is 1. The molecule has 1 aromatic carbocycles. The molecular formula is C8H9F3N2. The molecular weight excluding hydrogens is 181 g/mol. The molecule has 0 saturated heterocycles. The van der Waals surface area contributed by atoms with E-state index in [0.29, 0.717) is 0 Å². The van der Waals surface area contributed by atoms with Crippen LogP contribution in [0.5, 0.6) is 0 Å². The molecule has 0 heterocycles. The SMILES string of the molecule is CNc1cc(F)c(F)c(NC)c1F. The Morgan fingerprint density at radius 2 is 1.62 bits per heavy atom. The van der Waals surface area contributed by atoms with Gasteiger partial charge in [-0.1, -0.05) is 0 Å². The molecule has 2 N–H and O–H groups in total. The van der Waals surface area contributed by atoms with Gasteiger partial charge in [0.15, 0.2) is 17.5 Å². The van der Waals surface area contributed by atoms with Gasteiger partial charge < -0.3 is 10.6 Å².